The average Bonchev–Trinajstić information content (AvgIpc) is 2.19. The Morgan fingerprint density at radius 3 is 2.32 bits per heavy atom. The van der Waals surface area contributed by atoms with Gasteiger partial charge in [-0.1, -0.05) is 11.6 Å². The van der Waals surface area contributed by atoms with Gasteiger partial charge < -0.3 is 4.18 Å². The number of carbonyl (C=O) groups excluding carboxylic acids is 1. The van der Waals surface area contributed by atoms with Crippen molar-refractivity contribution >= 4 is 43.4 Å². The lowest BCUT2D eigenvalue weighted by Gasteiger charge is -2.13. The van der Waals surface area contributed by atoms with E-state index < -0.39 is 27.2 Å². The molecule has 19 heavy (non-hydrogen) atoms. The number of halogens is 5. The van der Waals surface area contributed by atoms with Crippen LogP contribution in [-0.2, 0) is 10.1 Å². The van der Waals surface area contributed by atoms with Gasteiger partial charge in [0.05, 0.1) is 10.0 Å². The summed E-state index contributed by atoms with van der Waals surface area (Å²) in [5, 5.41) is 0.0360. The molecule has 0 bridgehead atoms. The molecule has 0 fully saturated rings. The van der Waals surface area contributed by atoms with Crippen LogP contribution in [-0.4, -0.2) is 19.7 Å². The maximum atomic E-state index is 12.2. The Labute approximate surface area is 119 Å². The number of benzene rings is 1. The van der Waals surface area contributed by atoms with Crippen molar-refractivity contribution in [1.29, 1.82) is 0 Å². The van der Waals surface area contributed by atoms with E-state index in [0.29, 0.717) is 0 Å². The van der Waals surface area contributed by atoms with Gasteiger partial charge in [0.15, 0.2) is 11.5 Å². The summed E-state index contributed by atoms with van der Waals surface area (Å²) in [5.74, 6) is -1.45. The summed E-state index contributed by atoms with van der Waals surface area (Å²) < 4.78 is 62.3. The third-order valence-corrected chi connectivity index (χ3v) is 3.62. The molecule has 0 unspecified atom stereocenters. The van der Waals surface area contributed by atoms with Crippen molar-refractivity contribution in [1.82, 2.24) is 0 Å². The van der Waals surface area contributed by atoms with E-state index in [4.69, 9.17) is 11.6 Å². The summed E-state index contributed by atoms with van der Waals surface area (Å²) >= 11 is 8.41. The fourth-order valence-electron chi connectivity index (χ4n) is 1.06. The Kier molecular flexibility index (Phi) is 4.53. The standard InChI is InChI=1S/C9H5BrClF3O4S/c1-4(15)6-2-5(11)3-7(10)8(6)18-19(16,17)9(12,13)14/h2-3H,1H3. The number of ketones is 1. The first kappa shape index (κ1) is 16.3. The second-order valence-electron chi connectivity index (χ2n) is 3.30. The van der Waals surface area contributed by atoms with Crippen molar-refractivity contribution < 1.29 is 30.6 Å². The molecule has 0 spiro atoms. The van der Waals surface area contributed by atoms with E-state index in [2.05, 4.69) is 20.1 Å². The summed E-state index contributed by atoms with van der Waals surface area (Å²) in [6.45, 7) is 1.03. The number of rotatable bonds is 3. The monoisotopic (exact) mass is 380 g/mol. The Morgan fingerprint density at radius 1 is 1.37 bits per heavy atom. The van der Waals surface area contributed by atoms with Crippen LogP contribution in [0.25, 0.3) is 0 Å². The predicted octanol–water partition coefficient (Wildman–Crippen LogP) is 3.53. The third-order valence-electron chi connectivity index (χ3n) is 1.86. The van der Waals surface area contributed by atoms with Gasteiger partial charge in [-0.3, -0.25) is 4.79 Å². The highest BCUT2D eigenvalue weighted by atomic mass is 79.9. The Hall–Kier alpha value is -0.800. The second kappa shape index (κ2) is 5.29. The van der Waals surface area contributed by atoms with E-state index in [9.17, 15) is 26.4 Å². The van der Waals surface area contributed by atoms with Crippen molar-refractivity contribution in [3.05, 3.63) is 27.2 Å². The van der Waals surface area contributed by atoms with Gasteiger partial charge in [-0.05, 0) is 35.0 Å². The molecule has 0 aliphatic heterocycles. The van der Waals surface area contributed by atoms with Crippen LogP contribution in [0.2, 0.25) is 5.02 Å². The van der Waals surface area contributed by atoms with Crippen LogP contribution >= 0.6 is 27.5 Å². The number of hydrogen-bond donors (Lipinski definition) is 0. The van der Waals surface area contributed by atoms with Gasteiger partial charge in [-0.25, -0.2) is 0 Å². The quantitative estimate of drug-likeness (QED) is 0.456. The molecule has 0 radical (unpaired) electrons. The van der Waals surface area contributed by atoms with E-state index in [-0.39, 0.29) is 15.1 Å². The predicted molar refractivity (Wildman–Crippen MR) is 64.8 cm³/mol. The van der Waals surface area contributed by atoms with Crippen LogP contribution in [0, 0.1) is 0 Å². The van der Waals surface area contributed by atoms with Gasteiger partial charge in [0, 0.05) is 5.02 Å². The minimum Gasteiger partial charge on any atom is -0.374 e. The average molecular weight is 382 g/mol. The molecule has 0 heterocycles. The summed E-state index contributed by atoms with van der Waals surface area (Å²) in [7, 11) is -5.87. The van der Waals surface area contributed by atoms with Crippen LogP contribution in [0.4, 0.5) is 13.2 Å². The molecule has 0 amide bonds. The van der Waals surface area contributed by atoms with E-state index in [0.717, 1.165) is 19.1 Å². The van der Waals surface area contributed by atoms with Crippen molar-refractivity contribution in [3.63, 3.8) is 0 Å². The van der Waals surface area contributed by atoms with Crippen molar-refractivity contribution in [2.45, 2.75) is 12.4 Å². The number of carbonyl (C=O) groups is 1. The van der Waals surface area contributed by atoms with E-state index >= 15 is 0 Å². The highest BCUT2D eigenvalue weighted by molar-refractivity contribution is 9.10. The maximum Gasteiger partial charge on any atom is 0.534 e. The first-order valence-corrected chi connectivity index (χ1v) is 7.04. The van der Waals surface area contributed by atoms with Crippen LogP contribution < -0.4 is 4.18 Å². The third kappa shape index (κ3) is 3.61. The second-order valence-corrected chi connectivity index (χ2v) is 6.13. The lowest BCUT2D eigenvalue weighted by Crippen LogP contribution is -2.28. The van der Waals surface area contributed by atoms with Crippen molar-refractivity contribution in [2.75, 3.05) is 0 Å². The topological polar surface area (TPSA) is 60.4 Å². The molecular formula is C9H5BrClF3O4S. The first-order valence-electron chi connectivity index (χ1n) is 4.46. The van der Waals surface area contributed by atoms with E-state index in [1.165, 1.54) is 0 Å². The highest BCUT2D eigenvalue weighted by Crippen LogP contribution is 2.36. The van der Waals surface area contributed by atoms with Crippen molar-refractivity contribution in [2.24, 2.45) is 0 Å². The zero-order valence-corrected chi connectivity index (χ0v) is 12.2. The van der Waals surface area contributed by atoms with Gasteiger partial charge in [0.1, 0.15) is 0 Å². The number of alkyl halides is 3. The van der Waals surface area contributed by atoms with Crippen molar-refractivity contribution in [3.8, 4) is 5.75 Å². The van der Waals surface area contributed by atoms with Gasteiger partial charge >= 0.3 is 15.6 Å². The molecule has 0 aromatic heterocycles. The summed E-state index contributed by atoms with van der Waals surface area (Å²) in [4.78, 5) is 11.3. The molecule has 1 aromatic carbocycles. The Morgan fingerprint density at radius 2 is 1.89 bits per heavy atom. The Balaban J connectivity index is 3.41. The molecule has 0 saturated heterocycles. The molecule has 0 atom stereocenters. The van der Waals surface area contributed by atoms with Crippen LogP contribution in [0.1, 0.15) is 17.3 Å². The molecule has 1 rings (SSSR count). The molecule has 0 saturated carbocycles. The fourth-order valence-corrected chi connectivity index (χ4v) is 2.56. The summed E-state index contributed by atoms with van der Waals surface area (Å²) in [6, 6.07) is 2.12. The number of Topliss-reactive ketones (excluding diaryl/α,β-unsaturated/α-hetero) is 1. The summed E-state index contributed by atoms with van der Waals surface area (Å²) in [5.41, 5.74) is -5.98. The molecule has 1 aromatic rings. The molecular weight excluding hydrogens is 377 g/mol. The maximum absolute atomic E-state index is 12.2. The van der Waals surface area contributed by atoms with E-state index in [1.807, 2.05) is 0 Å². The van der Waals surface area contributed by atoms with Crippen LogP contribution in [0.15, 0.2) is 16.6 Å². The van der Waals surface area contributed by atoms with Gasteiger partial charge in [0.2, 0.25) is 0 Å². The first-order chi connectivity index (χ1) is 8.45. The van der Waals surface area contributed by atoms with Crippen LogP contribution in [0.5, 0.6) is 5.75 Å². The minimum absolute atomic E-state index is 0.0360. The molecule has 10 heteroatoms. The molecule has 0 aliphatic rings. The zero-order chi connectivity index (χ0) is 15.0. The van der Waals surface area contributed by atoms with Gasteiger partial charge in [-0.15, -0.1) is 0 Å². The minimum atomic E-state index is -5.87. The lowest BCUT2D eigenvalue weighted by atomic mass is 10.1. The fraction of sp³-hybridized carbons (Fsp3) is 0.222. The van der Waals surface area contributed by atoms with E-state index in [1.54, 1.807) is 0 Å². The summed E-state index contributed by atoms with van der Waals surface area (Å²) in [6.07, 6.45) is 0. The SMILES string of the molecule is CC(=O)c1cc(Cl)cc(Br)c1OS(=O)(=O)C(F)(F)F. The lowest BCUT2D eigenvalue weighted by molar-refractivity contribution is -0.0500. The molecule has 106 valence electrons. The normalized spacial score (nSPS) is 12.3. The van der Waals surface area contributed by atoms with Gasteiger partial charge in [0.25, 0.3) is 0 Å². The highest BCUT2D eigenvalue weighted by Gasteiger charge is 2.49. The molecule has 4 nitrogen and oxygen atoms in total. The van der Waals surface area contributed by atoms with Gasteiger partial charge in [-0.2, -0.15) is 21.6 Å². The zero-order valence-electron chi connectivity index (χ0n) is 9.09. The smallest absolute Gasteiger partial charge is 0.374 e. The Bertz CT molecular complexity index is 627. The largest absolute Gasteiger partial charge is 0.534 e. The molecule has 0 aliphatic carbocycles. The number of hydrogen-bond acceptors (Lipinski definition) is 4. The molecule has 0 N–H and O–H groups in total. The van der Waals surface area contributed by atoms with Crippen LogP contribution in [0.3, 0.4) is 0 Å².